The van der Waals surface area contributed by atoms with Gasteiger partial charge in [0.1, 0.15) is 0 Å². The van der Waals surface area contributed by atoms with Gasteiger partial charge in [-0.15, -0.1) is 0 Å². The van der Waals surface area contributed by atoms with E-state index >= 15 is 0 Å². The highest BCUT2D eigenvalue weighted by atomic mass is 127. The van der Waals surface area contributed by atoms with Gasteiger partial charge in [-0.2, -0.15) is 0 Å². The molecule has 0 N–H and O–H groups in total. The predicted molar refractivity (Wildman–Crippen MR) is 122 cm³/mol. The number of benzene rings is 3. The van der Waals surface area contributed by atoms with Crippen LogP contribution in [0.15, 0.2) is 72.8 Å². The third-order valence-corrected chi connectivity index (χ3v) is 5.56. The number of ketones is 1. The number of nitrogens with zero attached hydrogens (tertiary/aromatic N) is 1. The maximum Gasteiger partial charge on any atom is 0.235 e. The van der Waals surface area contributed by atoms with Gasteiger partial charge in [0, 0.05) is 19.2 Å². The molecule has 0 aliphatic heterocycles. The van der Waals surface area contributed by atoms with Crippen LogP contribution in [0, 0.1) is 3.57 Å². The second-order valence-electron chi connectivity index (χ2n) is 6.17. The summed E-state index contributed by atoms with van der Waals surface area (Å²) in [5.74, 6) is -0.541. The summed E-state index contributed by atoms with van der Waals surface area (Å²) in [5.41, 5.74) is 2.11. The molecule has 28 heavy (non-hydrogen) atoms. The lowest BCUT2D eigenvalue weighted by atomic mass is 10.1. The van der Waals surface area contributed by atoms with Crippen molar-refractivity contribution in [2.45, 2.75) is 13.0 Å². The van der Waals surface area contributed by atoms with Gasteiger partial charge in [-0.25, -0.2) is 0 Å². The van der Waals surface area contributed by atoms with E-state index in [4.69, 9.17) is 23.2 Å². The molecule has 0 saturated heterocycles. The number of rotatable bonds is 6. The van der Waals surface area contributed by atoms with E-state index in [0.717, 1.165) is 9.13 Å². The summed E-state index contributed by atoms with van der Waals surface area (Å²) in [5, 5.41) is 1.08. The summed E-state index contributed by atoms with van der Waals surface area (Å²) in [4.78, 5) is 27.3. The van der Waals surface area contributed by atoms with Crippen LogP contribution in [0.5, 0.6) is 0 Å². The van der Waals surface area contributed by atoms with Crippen molar-refractivity contribution < 1.29 is 9.59 Å². The second-order valence-corrected chi connectivity index (χ2v) is 8.20. The summed E-state index contributed by atoms with van der Waals surface area (Å²) >= 11 is 14.2. The fraction of sp³-hybridized carbons (Fsp3) is 0.0909. The van der Waals surface area contributed by atoms with E-state index in [1.165, 1.54) is 0 Å². The largest absolute Gasteiger partial charge is 0.306 e. The van der Waals surface area contributed by atoms with Gasteiger partial charge >= 0.3 is 0 Å². The molecule has 6 heteroatoms. The molecule has 1 amide bonds. The van der Waals surface area contributed by atoms with Crippen LogP contribution < -0.4 is 4.90 Å². The molecular weight excluding hydrogens is 508 g/mol. The minimum Gasteiger partial charge on any atom is -0.306 e. The number of carbonyl (C=O) groups is 2. The fourth-order valence-corrected chi connectivity index (χ4v) is 3.66. The number of Topliss-reactive ketones (excluding diaryl/α,β-unsaturated/α-hetero) is 1. The molecule has 0 aliphatic carbocycles. The van der Waals surface area contributed by atoms with Crippen LogP contribution in [0.4, 0.5) is 5.69 Å². The van der Waals surface area contributed by atoms with Crippen molar-refractivity contribution in [3.8, 4) is 0 Å². The first kappa shape index (κ1) is 20.8. The van der Waals surface area contributed by atoms with Gasteiger partial charge in [0.25, 0.3) is 0 Å². The zero-order chi connectivity index (χ0) is 20.1. The third-order valence-electron chi connectivity index (χ3n) is 4.16. The molecule has 3 aromatic carbocycles. The monoisotopic (exact) mass is 523 g/mol. The maximum atomic E-state index is 13.1. The lowest BCUT2D eigenvalue weighted by molar-refractivity contribution is -0.117. The normalized spacial score (nSPS) is 10.5. The number of amides is 1. The number of halogens is 3. The van der Waals surface area contributed by atoms with Gasteiger partial charge in [0.2, 0.25) is 5.91 Å². The van der Waals surface area contributed by atoms with Gasteiger partial charge in [-0.05, 0) is 70.6 Å². The smallest absolute Gasteiger partial charge is 0.235 e. The highest BCUT2D eigenvalue weighted by Gasteiger charge is 2.22. The van der Waals surface area contributed by atoms with Crippen LogP contribution in [0.2, 0.25) is 10.0 Å². The molecular formula is C22H16Cl2INO2. The van der Waals surface area contributed by atoms with Crippen LogP contribution >= 0.6 is 45.8 Å². The standard InChI is InChI=1S/C22H16Cl2INO2/c23-17-8-6-16(7-9-17)21(27)13-22(28)26(14-15-4-2-1-3-5-15)20-12-18(24)10-11-19(20)25/h1-12H,13-14H2. The molecule has 0 unspecified atom stereocenters. The van der Waals surface area contributed by atoms with Crippen molar-refractivity contribution in [3.63, 3.8) is 0 Å². The van der Waals surface area contributed by atoms with Gasteiger partial charge in [0.15, 0.2) is 5.78 Å². The topological polar surface area (TPSA) is 37.4 Å². The van der Waals surface area contributed by atoms with Crippen molar-refractivity contribution >= 4 is 63.2 Å². The van der Waals surface area contributed by atoms with Crippen molar-refractivity contribution in [1.29, 1.82) is 0 Å². The number of hydrogen-bond donors (Lipinski definition) is 0. The molecule has 3 rings (SSSR count). The number of carbonyl (C=O) groups excluding carboxylic acids is 2. The van der Waals surface area contributed by atoms with E-state index in [1.54, 1.807) is 41.3 Å². The van der Waals surface area contributed by atoms with Gasteiger partial charge < -0.3 is 4.90 Å². The highest BCUT2D eigenvalue weighted by Crippen LogP contribution is 2.28. The molecule has 0 bridgehead atoms. The Labute approximate surface area is 187 Å². The Morgan fingerprint density at radius 1 is 0.857 bits per heavy atom. The van der Waals surface area contributed by atoms with Crippen LogP contribution in [-0.2, 0) is 11.3 Å². The SMILES string of the molecule is O=C(CC(=O)N(Cc1ccccc1)c1cc(Cl)ccc1I)c1ccc(Cl)cc1. The molecule has 0 aromatic heterocycles. The molecule has 0 spiro atoms. The van der Waals surface area contributed by atoms with Crippen molar-refractivity contribution in [2.75, 3.05) is 4.90 Å². The second kappa shape index (κ2) is 9.54. The van der Waals surface area contributed by atoms with Gasteiger partial charge in [-0.3, -0.25) is 9.59 Å². The zero-order valence-corrected chi connectivity index (χ0v) is 18.4. The molecule has 0 heterocycles. The first-order chi connectivity index (χ1) is 13.4. The zero-order valence-electron chi connectivity index (χ0n) is 14.7. The average Bonchev–Trinajstić information content (AvgIpc) is 2.69. The van der Waals surface area contributed by atoms with E-state index in [0.29, 0.717) is 27.8 Å². The Morgan fingerprint density at radius 3 is 2.18 bits per heavy atom. The van der Waals surface area contributed by atoms with Crippen LogP contribution in [0.3, 0.4) is 0 Å². The molecule has 0 saturated carbocycles. The Morgan fingerprint density at radius 2 is 1.50 bits per heavy atom. The van der Waals surface area contributed by atoms with E-state index in [9.17, 15) is 9.59 Å². The Hall–Kier alpha value is -1.89. The van der Waals surface area contributed by atoms with Crippen molar-refractivity contribution in [1.82, 2.24) is 0 Å². The summed E-state index contributed by atoms with van der Waals surface area (Å²) in [6.45, 7) is 0.351. The summed E-state index contributed by atoms with van der Waals surface area (Å²) in [7, 11) is 0. The lowest BCUT2D eigenvalue weighted by Crippen LogP contribution is -2.32. The van der Waals surface area contributed by atoms with Crippen molar-refractivity contribution in [3.05, 3.63) is 97.5 Å². The lowest BCUT2D eigenvalue weighted by Gasteiger charge is -2.24. The summed E-state index contributed by atoms with van der Waals surface area (Å²) in [6, 6.07) is 21.5. The molecule has 0 atom stereocenters. The first-order valence-corrected chi connectivity index (χ1v) is 10.4. The minimum atomic E-state index is -0.288. The Bertz CT molecular complexity index is 991. The summed E-state index contributed by atoms with van der Waals surface area (Å²) < 4.78 is 0.880. The molecule has 3 aromatic rings. The van der Waals surface area contributed by atoms with Gasteiger partial charge in [0.05, 0.1) is 18.7 Å². The van der Waals surface area contributed by atoms with Crippen molar-refractivity contribution in [2.24, 2.45) is 0 Å². The number of anilines is 1. The summed E-state index contributed by atoms with van der Waals surface area (Å²) in [6.07, 6.45) is -0.239. The molecule has 0 aliphatic rings. The van der Waals surface area contributed by atoms with Crippen LogP contribution in [-0.4, -0.2) is 11.7 Å². The van der Waals surface area contributed by atoms with Crippen LogP contribution in [0.1, 0.15) is 22.3 Å². The first-order valence-electron chi connectivity index (χ1n) is 8.52. The highest BCUT2D eigenvalue weighted by molar-refractivity contribution is 14.1. The van der Waals surface area contributed by atoms with E-state index < -0.39 is 0 Å². The average molecular weight is 524 g/mol. The fourth-order valence-electron chi connectivity index (χ4n) is 2.74. The Kier molecular flexibility index (Phi) is 7.10. The van der Waals surface area contributed by atoms with E-state index in [-0.39, 0.29) is 18.1 Å². The maximum absolute atomic E-state index is 13.1. The van der Waals surface area contributed by atoms with E-state index in [1.807, 2.05) is 36.4 Å². The quantitative estimate of drug-likeness (QED) is 0.213. The van der Waals surface area contributed by atoms with E-state index in [2.05, 4.69) is 22.6 Å². The predicted octanol–water partition coefficient (Wildman–Crippen LogP) is 6.40. The Balaban J connectivity index is 1.89. The third kappa shape index (κ3) is 5.34. The molecule has 3 nitrogen and oxygen atoms in total. The number of hydrogen-bond acceptors (Lipinski definition) is 2. The molecule has 0 radical (unpaired) electrons. The molecule has 142 valence electrons. The van der Waals surface area contributed by atoms with Crippen LogP contribution in [0.25, 0.3) is 0 Å². The molecule has 0 fully saturated rings. The minimum absolute atomic E-state index is 0.239. The van der Waals surface area contributed by atoms with Gasteiger partial charge in [-0.1, -0.05) is 53.5 Å².